The molecule has 0 aliphatic rings. The molecule has 0 bridgehead atoms. The molecule has 0 aliphatic carbocycles. The minimum atomic E-state index is -3.39. The van der Waals surface area contributed by atoms with Gasteiger partial charge in [0.1, 0.15) is 0 Å². The van der Waals surface area contributed by atoms with Gasteiger partial charge in [0.15, 0.2) is 15.0 Å². The first-order valence-electron chi connectivity index (χ1n) is 7.26. The number of rotatable bonds is 4. The first-order chi connectivity index (χ1) is 12.2. The minimum Gasteiger partial charge on any atom is -0.298 e. The van der Waals surface area contributed by atoms with Crippen LogP contribution in [0.1, 0.15) is 10.4 Å². The Morgan fingerprint density at radius 2 is 1.92 bits per heavy atom. The highest BCUT2D eigenvalue weighted by molar-refractivity contribution is 7.90. The smallest absolute Gasteiger partial charge is 0.257 e. The van der Waals surface area contributed by atoms with Crippen molar-refractivity contribution in [2.75, 3.05) is 11.6 Å². The maximum absolute atomic E-state index is 12.4. The molecule has 0 unspecified atom stereocenters. The molecule has 1 N–H and O–H groups in total. The number of hydrogen-bond donors (Lipinski definition) is 1. The highest BCUT2D eigenvalue weighted by Crippen LogP contribution is 2.32. The van der Waals surface area contributed by atoms with Gasteiger partial charge in [-0.05, 0) is 36.4 Å². The van der Waals surface area contributed by atoms with Crippen molar-refractivity contribution >= 4 is 55.4 Å². The SMILES string of the molecule is CS(=O)(=O)c1cccc(C(=O)Nc2nc(-c3ccc(Cl)cc3Cl)cs2)c1. The van der Waals surface area contributed by atoms with Crippen molar-refractivity contribution in [1.29, 1.82) is 0 Å². The molecule has 0 aliphatic heterocycles. The van der Waals surface area contributed by atoms with Gasteiger partial charge in [0.05, 0.1) is 15.6 Å². The molecule has 0 spiro atoms. The van der Waals surface area contributed by atoms with Crippen LogP contribution >= 0.6 is 34.5 Å². The van der Waals surface area contributed by atoms with Crippen LogP contribution in [0.2, 0.25) is 10.0 Å². The molecule has 0 radical (unpaired) electrons. The molecule has 0 atom stereocenters. The summed E-state index contributed by atoms with van der Waals surface area (Å²) in [5.74, 6) is -0.446. The maximum Gasteiger partial charge on any atom is 0.257 e. The van der Waals surface area contributed by atoms with Crippen molar-refractivity contribution in [3.8, 4) is 11.3 Å². The molecule has 5 nitrogen and oxygen atoms in total. The summed E-state index contributed by atoms with van der Waals surface area (Å²) < 4.78 is 23.2. The molecule has 1 heterocycles. The van der Waals surface area contributed by atoms with Crippen LogP contribution in [0.5, 0.6) is 0 Å². The first-order valence-corrected chi connectivity index (χ1v) is 10.8. The molecule has 2 aromatic carbocycles. The van der Waals surface area contributed by atoms with Gasteiger partial charge in [-0.1, -0.05) is 29.3 Å². The van der Waals surface area contributed by atoms with E-state index in [1.165, 1.54) is 35.6 Å². The van der Waals surface area contributed by atoms with Gasteiger partial charge in [-0.2, -0.15) is 0 Å². The maximum atomic E-state index is 12.4. The average molecular weight is 427 g/mol. The third kappa shape index (κ3) is 4.24. The predicted molar refractivity (Wildman–Crippen MR) is 105 cm³/mol. The third-order valence-electron chi connectivity index (χ3n) is 3.46. The van der Waals surface area contributed by atoms with E-state index in [0.717, 1.165) is 6.26 Å². The molecule has 3 aromatic rings. The number of nitrogens with one attached hydrogen (secondary N) is 1. The Labute approximate surface area is 164 Å². The average Bonchev–Trinajstić information content (AvgIpc) is 3.02. The van der Waals surface area contributed by atoms with Crippen LogP contribution in [0, 0.1) is 0 Å². The van der Waals surface area contributed by atoms with E-state index in [1.807, 2.05) is 0 Å². The van der Waals surface area contributed by atoms with Crippen molar-refractivity contribution in [1.82, 2.24) is 4.98 Å². The Hall–Kier alpha value is -1.93. The number of thiazole rings is 1. The van der Waals surface area contributed by atoms with Crippen molar-refractivity contribution < 1.29 is 13.2 Å². The molecule has 26 heavy (non-hydrogen) atoms. The van der Waals surface area contributed by atoms with Crippen LogP contribution in [0.25, 0.3) is 11.3 Å². The molecular formula is C17H12Cl2N2O3S2. The Balaban J connectivity index is 1.82. The monoisotopic (exact) mass is 426 g/mol. The number of anilines is 1. The number of halogens is 2. The molecule has 0 saturated carbocycles. The van der Waals surface area contributed by atoms with E-state index in [1.54, 1.807) is 23.6 Å². The Kier molecular flexibility index (Phi) is 5.34. The number of nitrogens with zero attached hydrogens (tertiary/aromatic N) is 1. The number of amides is 1. The Morgan fingerprint density at radius 1 is 1.15 bits per heavy atom. The van der Waals surface area contributed by atoms with Crippen molar-refractivity contribution in [3.05, 3.63) is 63.5 Å². The lowest BCUT2D eigenvalue weighted by molar-refractivity contribution is 0.102. The molecule has 0 fully saturated rings. The zero-order valence-corrected chi connectivity index (χ0v) is 16.5. The summed E-state index contributed by atoms with van der Waals surface area (Å²) in [4.78, 5) is 16.8. The fraction of sp³-hybridized carbons (Fsp3) is 0.0588. The molecule has 9 heteroatoms. The second-order valence-corrected chi connectivity index (χ2v) is 9.13. The van der Waals surface area contributed by atoms with Crippen molar-refractivity contribution in [2.45, 2.75) is 4.90 Å². The van der Waals surface area contributed by atoms with Crippen LogP contribution in [0.4, 0.5) is 5.13 Å². The lowest BCUT2D eigenvalue weighted by Gasteiger charge is -2.04. The molecule has 0 saturated heterocycles. The molecule has 1 amide bonds. The van der Waals surface area contributed by atoms with Crippen LogP contribution in [0.15, 0.2) is 52.7 Å². The summed E-state index contributed by atoms with van der Waals surface area (Å²) in [6, 6.07) is 10.9. The first kappa shape index (κ1) is 18.8. The Morgan fingerprint density at radius 3 is 2.62 bits per heavy atom. The molecule has 1 aromatic heterocycles. The van der Waals surface area contributed by atoms with Gasteiger partial charge in [-0.25, -0.2) is 13.4 Å². The number of hydrogen-bond acceptors (Lipinski definition) is 5. The number of sulfone groups is 1. The predicted octanol–water partition coefficient (Wildman–Crippen LogP) is 4.77. The topological polar surface area (TPSA) is 76.1 Å². The summed E-state index contributed by atoms with van der Waals surface area (Å²) in [6.07, 6.45) is 1.09. The van der Waals surface area contributed by atoms with Crippen LogP contribution < -0.4 is 5.32 Å². The van der Waals surface area contributed by atoms with E-state index in [9.17, 15) is 13.2 Å². The summed E-state index contributed by atoms with van der Waals surface area (Å²) >= 11 is 13.3. The largest absolute Gasteiger partial charge is 0.298 e. The van der Waals surface area contributed by atoms with E-state index in [-0.39, 0.29) is 10.5 Å². The number of aromatic nitrogens is 1. The van der Waals surface area contributed by atoms with E-state index < -0.39 is 15.7 Å². The van der Waals surface area contributed by atoms with Crippen LogP contribution in [-0.4, -0.2) is 25.6 Å². The van der Waals surface area contributed by atoms with Gasteiger partial charge < -0.3 is 0 Å². The quantitative estimate of drug-likeness (QED) is 0.651. The van der Waals surface area contributed by atoms with Gasteiger partial charge in [-0.15, -0.1) is 11.3 Å². The Bertz CT molecular complexity index is 1090. The van der Waals surface area contributed by atoms with Gasteiger partial charge in [0.25, 0.3) is 5.91 Å². The summed E-state index contributed by atoms with van der Waals surface area (Å²) in [7, 11) is -3.39. The number of carbonyl (C=O) groups is 1. The normalized spacial score (nSPS) is 11.3. The molecule has 3 rings (SSSR count). The molecule has 134 valence electrons. The van der Waals surface area contributed by atoms with Crippen molar-refractivity contribution in [2.24, 2.45) is 0 Å². The van der Waals surface area contributed by atoms with Crippen LogP contribution in [-0.2, 0) is 9.84 Å². The highest BCUT2D eigenvalue weighted by atomic mass is 35.5. The fourth-order valence-corrected chi connectivity index (χ4v) is 4.07. The van der Waals surface area contributed by atoms with E-state index in [4.69, 9.17) is 23.2 Å². The van der Waals surface area contributed by atoms with E-state index in [2.05, 4.69) is 10.3 Å². The van der Waals surface area contributed by atoms with Gasteiger partial charge in [-0.3, -0.25) is 10.1 Å². The van der Waals surface area contributed by atoms with Gasteiger partial charge in [0.2, 0.25) is 0 Å². The van der Waals surface area contributed by atoms with Crippen molar-refractivity contribution in [3.63, 3.8) is 0 Å². The van der Waals surface area contributed by atoms with Gasteiger partial charge >= 0.3 is 0 Å². The fourth-order valence-electron chi connectivity index (χ4n) is 2.19. The van der Waals surface area contributed by atoms with E-state index in [0.29, 0.717) is 26.4 Å². The number of benzene rings is 2. The second kappa shape index (κ2) is 7.36. The third-order valence-corrected chi connectivity index (χ3v) is 5.87. The lowest BCUT2D eigenvalue weighted by atomic mass is 10.2. The second-order valence-electron chi connectivity index (χ2n) is 5.42. The minimum absolute atomic E-state index is 0.0814. The summed E-state index contributed by atoms with van der Waals surface area (Å²) in [5.41, 5.74) is 1.54. The highest BCUT2D eigenvalue weighted by Gasteiger charge is 2.14. The zero-order valence-electron chi connectivity index (χ0n) is 13.4. The van der Waals surface area contributed by atoms with Gasteiger partial charge in [0, 0.05) is 27.8 Å². The summed E-state index contributed by atoms with van der Waals surface area (Å²) in [6.45, 7) is 0. The number of carbonyl (C=O) groups excluding carboxylic acids is 1. The standard InChI is InChI=1S/C17H12Cl2N2O3S2/c1-26(23,24)12-4-2-3-10(7-12)16(22)21-17-20-15(9-25-17)13-6-5-11(18)8-14(13)19/h2-9H,1H3,(H,20,21,22). The molecular weight excluding hydrogens is 415 g/mol. The zero-order chi connectivity index (χ0) is 18.9. The van der Waals surface area contributed by atoms with E-state index >= 15 is 0 Å². The lowest BCUT2D eigenvalue weighted by Crippen LogP contribution is -2.12. The summed E-state index contributed by atoms with van der Waals surface area (Å²) in [5, 5.41) is 5.78. The van der Waals surface area contributed by atoms with Crippen LogP contribution in [0.3, 0.4) is 0 Å².